The van der Waals surface area contributed by atoms with Crippen LogP contribution < -0.4 is 11.1 Å². The Morgan fingerprint density at radius 3 is 2.87 bits per heavy atom. The van der Waals surface area contributed by atoms with E-state index in [1.165, 1.54) is 0 Å². The summed E-state index contributed by atoms with van der Waals surface area (Å²) in [6.07, 6.45) is 0. The van der Waals surface area contributed by atoms with E-state index in [1.54, 1.807) is 18.8 Å². The fourth-order valence-corrected chi connectivity index (χ4v) is 2.46. The molecule has 7 nitrogen and oxygen atoms in total. The summed E-state index contributed by atoms with van der Waals surface area (Å²) in [5.74, 6) is 1.07. The summed E-state index contributed by atoms with van der Waals surface area (Å²) in [6.45, 7) is 3.25. The molecule has 2 aromatic heterocycles. The number of nitrogens with one attached hydrogen (secondary N) is 1. The van der Waals surface area contributed by atoms with Crippen LogP contribution in [0.25, 0.3) is 22.3 Å². The lowest BCUT2D eigenvalue weighted by atomic mass is 10.1. The second kappa shape index (κ2) is 6.21. The molecule has 0 spiro atoms. The van der Waals surface area contributed by atoms with Gasteiger partial charge in [-0.2, -0.15) is 10.1 Å². The molecule has 0 fully saturated rings. The van der Waals surface area contributed by atoms with Crippen LogP contribution in [0.1, 0.15) is 5.56 Å². The molecule has 0 radical (unpaired) electrons. The zero-order valence-corrected chi connectivity index (χ0v) is 13.5. The van der Waals surface area contributed by atoms with Crippen molar-refractivity contribution in [2.24, 2.45) is 7.05 Å². The maximum absolute atomic E-state index is 6.17. The third-order valence-corrected chi connectivity index (χ3v) is 3.62. The van der Waals surface area contributed by atoms with E-state index >= 15 is 0 Å². The van der Waals surface area contributed by atoms with E-state index in [0.717, 1.165) is 22.2 Å². The van der Waals surface area contributed by atoms with Gasteiger partial charge in [-0.05, 0) is 13.0 Å². The third-order valence-electron chi connectivity index (χ3n) is 3.62. The molecular weight excluding hydrogens is 292 g/mol. The molecule has 0 saturated heterocycles. The Kier molecular flexibility index (Phi) is 4.12. The molecule has 0 atom stereocenters. The predicted octanol–water partition coefficient (Wildman–Crippen LogP) is 1.98. The summed E-state index contributed by atoms with van der Waals surface area (Å²) in [5, 5.41) is 8.31. The minimum Gasteiger partial charge on any atom is -0.383 e. The number of nitrogens with zero attached hydrogens (tertiary/aromatic N) is 4. The second-order valence-corrected chi connectivity index (χ2v) is 5.39. The number of hydrogen-bond acceptors (Lipinski definition) is 6. The van der Waals surface area contributed by atoms with Crippen LogP contribution in [0.5, 0.6) is 0 Å². The number of methoxy groups -OCH3 is 1. The van der Waals surface area contributed by atoms with Crippen LogP contribution >= 0.6 is 0 Å². The van der Waals surface area contributed by atoms with Crippen LogP contribution in [0.4, 0.5) is 11.8 Å². The predicted molar refractivity (Wildman–Crippen MR) is 91.3 cm³/mol. The summed E-state index contributed by atoms with van der Waals surface area (Å²) in [7, 11) is 3.46. The average Bonchev–Trinajstić information content (AvgIpc) is 2.82. The standard InChI is InChI=1S/C16H20N6O/c1-10-5-4-6-11(9-10)13-12-14(17)22(2)21-15(12)20-16(19-13)18-7-8-23-3/h4-6,9H,7-8,17H2,1-3H3,(H,18,20,21). The highest BCUT2D eigenvalue weighted by Gasteiger charge is 2.17. The Morgan fingerprint density at radius 2 is 2.13 bits per heavy atom. The third kappa shape index (κ3) is 2.95. The molecule has 0 bridgehead atoms. The molecule has 23 heavy (non-hydrogen) atoms. The number of nitrogens with two attached hydrogens (primary N) is 1. The van der Waals surface area contributed by atoms with Gasteiger partial charge in [0.15, 0.2) is 5.65 Å². The Labute approximate surface area is 134 Å². The van der Waals surface area contributed by atoms with E-state index in [1.807, 2.05) is 25.1 Å². The Balaban J connectivity index is 2.16. The second-order valence-electron chi connectivity index (χ2n) is 5.39. The van der Waals surface area contributed by atoms with Crippen LogP contribution in [-0.4, -0.2) is 40.0 Å². The molecule has 0 aliphatic carbocycles. The van der Waals surface area contributed by atoms with E-state index in [4.69, 9.17) is 10.5 Å². The number of benzene rings is 1. The van der Waals surface area contributed by atoms with Gasteiger partial charge in [0.05, 0.1) is 17.7 Å². The van der Waals surface area contributed by atoms with Crippen molar-refractivity contribution in [3.8, 4) is 11.3 Å². The molecule has 0 aliphatic rings. The van der Waals surface area contributed by atoms with Crippen LogP contribution in [0.2, 0.25) is 0 Å². The van der Waals surface area contributed by atoms with Crippen molar-refractivity contribution in [1.29, 1.82) is 0 Å². The fourth-order valence-electron chi connectivity index (χ4n) is 2.46. The molecule has 3 N–H and O–H groups in total. The highest BCUT2D eigenvalue weighted by molar-refractivity contribution is 5.98. The monoisotopic (exact) mass is 312 g/mol. The van der Waals surface area contributed by atoms with Gasteiger partial charge in [0, 0.05) is 26.3 Å². The minimum atomic E-state index is 0.518. The molecule has 120 valence electrons. The smallest absolute Gasteiger partial charge is 0.225 e. The van der Waals surface area contributed by atoms with Crippen molar-refractivity contribution in [2.45, 2.75) is 6.92 Å². The number of hydrogen-bond donors (Lipinski definition) is 2. The summed E-state index contributed by atoms with van der Waals surface area (Å²) in [5.41, 5.74) is 9.68. The lowest BCUT2D eigenvalue weighted by molar-refractivity contribution is 0.210. The molecule has 2 heterocycles. The fraction of sp³-hybridized carbons (Fsp3) is 0.312. The van der Waals surface area contributed by atoms with Gasteiger partial charge in [0.1, 0.15) is 5.82 Å². The van der Waals surface area contributed by atoms with E-state index in [9.17, 15) is 0 Å². The van der Waals surface area contributed by atoms with Gasteiger partial charge in [-0.1, -0.05) is 23.8 Å². The van der Waals surface area contributed by atoms with E-state index in [0.29, 0.717) is 30.6 Å². The largest absolute Gasteiger partial charge is 0.383 e. The molecule has 3 aromatic rings. The highest BCUT2D eigenvalue weighted by Crippen LogP contribution is 2.31. The van der Waals surface area contributed by atoms with E-state index < -0.39 is 0 Å². The number of fused-ring (bicyclic) bond motifs is 1. The van der Waals surface area contributed by atoms with Gasteiger partial charge < -0.3 is 15.8 Å². The van der Waals surface area contributed by atoms with Gasteiger partial charge in [-0.3, -0.25) is 4.68 Å². The van der Waals surface area contributed by atoms with Crippen molar-refractivity contribution >= 4 is 22.8 Å². The Bertz CT molecular complexity index is 842. The SMILES string of the molecule is COCCNc1nc(-c2cccc(C)c2)c2c(N)n(C)nc2n1. The van der Waals surface area contributed by atoms with E-state index in [2.05, 4.69) is 26.4 Å². The van der Waals surface area contributed by atoms with Crippen molar-refractivity contribution < 1.29 is 4.74 Å². The minimum absolute atomic E-state index is 0.518. The number of aromatic nitrogens is 4. The van der Waals surface area contributed by atoms with Crippen LogP contribution in [0, 0.1) is 6.92 Å². The highest BCUT2D eigenvalue weighted by atomic mass is 16.5. The van der Waals surface area contributed by atoms with Gasteiger partial charge in [-0.25, -0.2) is 4.98 Å². The molecular formula is C16H20N6O. The number of anilines is 2. The summed E-state index contributed by atoms with van der Waals surface area (Å²) >= 11 is 0. The summed E-state index contributed by atoms with van der Waals surface area (Å²) in [6, 6.07) is 8.14. The van der Waals surface area contributed by atoms with Crippen molar-refractivity contribution in [1.82, 2.24) is 19.7 Å². The van der Waals surface area contributed by atoms with Gasteiger partial charge in [0.2, 0.25) is 5.95 Å². The number of nitrogen functional groups attached to an aromatic ring is 1. The molecule has 3 rings (SSSR count). The first-order valence-corrected chi connectivity index (χ1v) is 7.40. The molecule has 0 aliphatic heterocycles. The molecule has 1 aromatic carbocycles. The topological polar surface area (TPSA) is 90.9 Å². The Morgan fingerprint density at radius 1 is 1.30 bits per heavy atom. The molecule has 0 saturated carbocycles. The normalized spacial score (nSPS) is 11.1. The number of ether oxygens (including phenoxy) is 1. The maximum atomic E-state index is 6.17. The first-order valence-electron chi connectivity index (χ1n) is 7.40. The number of rotatable bonds is 5. The Hall–Kier alpha value is -2.67. The average molecular weight is 312 g/mol. The lowest BCUT2D eigenvalue weighted by Gasteiger charge is -2.08. The zero-order chi connectivity index (χ0) is 16.4. The zero-order valence-electron chi connectivity index (χ0n) is 13.5. The summed E-state index contributed by atoms with van der Waals surface area (Å²) < 4.78 is 6.67. The van der Waals surface area contributed by atoms with Crippen LogP contribution in [-0.2, 0) is 11.8 Å². The van der Waals surface area contributed by atoms with Gasteiger partial charge in [-0.15, -0.1) is 0 Å². The van der Waals surface area contributed by atoms with Crippen LogP contribution in [0.15, 0.2) is 24.3 Å². The van der Waals surface area contributed by atoms with Gasteiger partial charge in [0.25, 0.3) is 0 Å². The first-order chi connectivity index (χ1) is 11.1. The first kappa shape index (κ1) is 15.2. The molecule has 0 amide bonds. The van der Waals surface area contributed by atoms with Gasteiger partial charge >= 0.3 is 0 Å². The van der Waals surface area contributed by atoms with Crippen molar-refractivity contribution in [3.63, 3.8) is 0 Å². The van der Waals surface area contributed by atoms with Crippen LogP contribution in [0.3, 0.4) is 0 Å². The summed E-state index contributed by atoms with van der Waals surface area (Å²) in [4.78, 5) is 9.09. The lowest BCUT2D eigenvalue weighted by Crippen LogP contribution is -2.10. The van der Waals surface area contributed by atoms with Crippen molar-refractivity contribution in [2.75, 3.05) is 31.3 Å². The number of aryl methyl sites for hydroxylation is 2. The maximum Gasteiger partial charge on any atom is 0.225 e. The molecule has 0 unspecified atom stereocenters. The molecule has 7 heteroatoms. The van der Waals surface area contributed by atoms with E-state index in [-0.39, 0.29) is 0 Å². The quantitative estimate of drug-likeness (QED) is 0.700. The van der Waals surface area contributed by atoms with Crippen molar-refractivity contribution in [3.05, 3.63) is 29.8 Å².